The van der Waals surface area contributed by atoms with Crippen molar-refractivity contribution < 1.29 is 4.79 Å². The van der Waals surface area contributed by atoms with Crippen molar-refractivity contribution in [1.29, 1.82) is 0 Å². The molecule has 0 unspecified atom stereocenters. The van der Waals surface area contributed by atoms with Crippen LogP contribution in [0.3, 0.4) is 0 Å². The molecule has 3 aliphatic carbocycles. The molecule has 0 aliphatic heterocycles. The van der Waals surface area contributed by atoms with Crippen LogP contribution in [0.4, 0.5) is 0 Å². The number of rotatable bonds is 1. The van der Waals surface area contributed by atoms with E-state index in [1.165, 1.54) is 44.8 Å². The third kappa shape index (κ3) is 1.99. The molecule has 0 amide bonds. The Bertz CT molecular complexity index is 403. The summed E-state index contributed by atoms with van der Waals surface area (Å²) in [7, 11) is 0. The average molecular weight is 276 g/mol. The Morgan fingerprint density at radius 3 is 2.45 bits per heavy atom. The molecule has 1 nitrogen and oxygen atoms in total. The number of hydrogen-bond acceptors (Lipinski definition) is 1. The van der Waals surface area contributed by atoms with E-state index in [2.05, 4.69) is 27.7 Å². The van der Waals surface area contributed by atoms with E-state index >= 15 is 0 Å². The van der Waals surface area contributed by atoms with E-state index in [1.807, 2.05) is 0 Å². The maximum absolute atomic E-state index is 11.5. The molecule has 0 aromatic rings. The average Bonchev–Trinajstić information content (AvgIpc) is 2.37. The summed E-state index contributed by atoms with van der Waals surface area (Å²) >= 11 is 0. The second-order valence-electron chi connectivity index (χ2n) is 9.21. The van der Waals surface area contributed by atoms with Crippen molar-refractivity contribution in [1.82, 2.24) is 0 Å². The summed E-state index contributed by atoms with van der Waals surface area (Å²) in [4.78, 5) is 11.5. The van der Waals surface area contributed by atoms with Crippen LogP contribution < -0.4 is 0 Å². The fourth-order valence-corrected chi connectivity index (χ4v) is 6.82. The van der Waals surface area contributed by atoms with Gasteiger partial charge in [0.2, 0.25) is 0 Å². The van der Waals surface area contributed by atoms with Crippen LogP contribution in [0.5, 0.6) is 0 Å². The van der Waals surface area contributed by atoms with Crippen LogP contribution >= 0.6 is 0 Å². The van der Waals surface area contributed by atoms with Crippen molar-refractivity contribution in [2.24, 2.45) is 34.0 Å². The standard InChI is InChI=1S/C19H32O/c1-14-6-5-9-19(4)15(14)7-11-18(3)12-17(2,13-20)10-8-16(18)19/h13-16H,5-12H2,1-4H3/t14-,15+,16+,17-,18+,19+/m0/s1. The minimum atomic E-state index is -0.0469. The topological polar surface area (TPSA) is 17.1 Å². The highest BCUT2D eigenvalue weighted by atomic mass is 16.1. The van der Waals surface area contributed by atoms with Crippen molar-refractivity contribution in [3.8, 4) is 0 Å². The summed E-state index contributed by atoms with van der Waals surface area (Å²) in [6.45, 7) is 9.78. The maximum Gasteiger partial charge on any atom is 0.125 e. The molecule has 0 spiro atoms. The van der Waals surface area contributed by atoms with E-state index in [9.17, 15) is 4.79 Å². The lowest BCUT2D eigenvalue weighted by Gasteiger charge is -2.63. The fourth-order valence-electron chi connectivity index (χ4n) is 6.82. The summed E-state index contributed by atoms with van der Waals surface area (Å²) in [6.07, 6.45) is 11.8. The van der Waals surface area contributed by atoms with Gasteiger partial charge >= 0.3 is 0 Å². The van der Waals surface area contributed by atoms with Gasteiger partial charge in [-0.05, 0) is 67.1 Å². The van der Waals surface area contributed by atoms with Gasteiger partial charge in [-0.3, -0.25) is 0 Å². The highest BCUT2D eigenvalue weighted by molar-refractivity contribution is 5.59. The van der Waals surface area contributed by atoms with E-state index in [0.29, 0.717) is 10.8 Å². The smallest absolute Gasteiger partial charge is 0.125 e. The first-order chi connectivity index (χ1) is 9.33. The molecule has 0 radical (unpaired) electrons. The zero-order valence-corrected chi connectivity index (χ0v) is 13.9. The third-order valence-electron chi connectivity index (χ3n) is 7.67. The first kappa shape index (κ1) is 14.6. The highest BCUT2D eigenvalue weighted by Crippen LogP contribution is 2.66. The first-order valence-corrected chi connectivity index (χ1v) is 8.79. The van der Waals surface area contributed by atoms with Crippen LogP contribution in [0.2, 0.25) is 0 Å². The zero-order chi connectivity index (χ0) is 14.6. The summed E-state index contributed by atoms with van der Waals surface area (Å²) in [5, 5.41) is 0. The van der Waals surface area contributed by atoms with E-state index in [1.54, 1.807) is 0 Å². The second kappa shape index (κ2) is 4.58. The van der Waals surface area contributed by atoms with E-state index in [-0.39, 0.29) is 5.41 Å². The molecule has 1 heteroatoms. The van der Waals surface area contributed by atoms with Crippen LogP contribution in [0.15, 0.2) is 0 Å². The Balaban J connectivity index is 1.91. The molecule has 0 saturated heterocycles. The van der Waals surface area contributed by atoms with Crippen LogP contribution in [-0.4, -0.2) is 6.29 Å². The fraction of sp³-hybridized carbons (Fsp3) is 0.947. The predicted molar refractivity (Wildman–Crippen MR) is 83.5 cm³/mol. The largest absolute Gasteiger partial charge is 0.303 e. The molecule has 3 fully saturated rings. The summed E-state index contributed by atoms with van der Waals surface area (Å²) in [5.74, 6) is 2.71. The molecule has 114 valence electrons. The number of carbonyl (C=O) groups is 1. The Morgan fingerprint density at radius 1 is 1.00 bits per heavy atom. The van der Waals surface area contributed by atoms with Crippen molar-refractivity contribution in [2.75, 3.05) is 0 Å². The Labute approximate surface area is 124 Å². The van der Waals surface area contributed by atoms with Crippen molar-refractivity contribution in [3.05, 3.63) is 0 Å². The first-order valence-electron chi connectivity index (χ1n) is 8.79. The van der Waals surface area contributed by atoms with Crippen LogP contribution in [0, 0.1) is 34.0 Å². The van der Waals surface area contributed by atoms with Gasteiger partial charge < -0.3 is 4.79 Å². The molecule has 0 N–H and O–H groups in total. The molecule has 3 rings (SSSR count). The van der Waals surface area contributed by atoms with Crippen LogP contribution in [0.1, 0.15) is 79.1 Å². The van der Waals surface area contributed by atoms with E-state index in [4.69, 9.17) is 0 Å². The van der Waals surface area contributed by atoms with Gasteiger partial charge in [0.05, 0.1) is 0 Å². The van der Waals surface area contributed by atoms with E-state index < -0.39 is 0 Å². The molecule has 3 aliphatic rings. The number of fused-ring (bicyclic) bond motifs is 3. The molecule has 0 aromatic heterocycles. The van der Waals surface area contributed by atoms with Gasteiger partial charge in [-0.1, -0.05) is 40.5 Å². The Hall–Kier alpha value is -0.330. The summed E-state index contributed by atoms with van der Waals surface area (Å²) in [6, 6.07) is 0. The SMILES string of the molecule is C[C@H]1CCC[C@]2(C)[C@@H]1CC[C@]1(C)C[C@@](C)(C=O)CC[C@H]12. The molecule has 20 heavy (non-hydrogen) atoms. The maximum atomic E-state index is 11.5. The minimum absolute atomic E-state index is 0.0469. The minimum Gasteiger partial charge on any atom is -0.303 e. The van der Waals surface area contributed by atoms with Crippen molar-refractivity contribution in [3.63, 3.8) is 0 Å². The van der Waals surface area contributed by atoms with Gasteiger partial charge in [0.15, 0.2) is 0 Å². The van der Waals surface area contributed by atoms with Crippen LogP contribution in [0.25, 0.3) is 0 Å². The van der Waals surface area contributed by atoms with Crippen LogP contribution in [-0.2, 0) is 4.79 Å². The number of hydrogen-bond donors (Lipinski definition) is 0. The molecule has 0 heterocycles. The van der Waals surface area contributed by atoms with Gasteiger partial charge in [-0.15, -0.1) is 0 Å². The summed E-state index contributed by atoms with van der Waals surface area (Å²) < 4.78 is 0. The number of aldehydes is 1. The molecule has 3 saturated carbocycles. The quantitative estimate of drug-likeness (QED) is 0.599. The van der Waals surface area contributed by atoms with Gasteiger partial charge in [0.1, 0.15) is 6.29 Å². The van der Waals surface area contributed by atoms with Crippen molar-refractivity contribution >= 4 is 6.29 Å². The molecule has 0 aromatic carbocycles. The monoisotopic (exact) mass is 276 g/mol. The summed E-state index contributed by atoms with van der Waals surface area (Å²) in [5.41, 5.74) is 0.916. The second-order valence-corrected chi connectivity index (χ2v) is 9.21. The number of carbonyl (C=O) groups excluding carboxylic acids is 1. The lowest BCUT2D eigenvalue weighted by molar-refractivity contribution is -0.149. The van der Waals surface area contributed by atoms with Gasteiger partial charge in [0.25, 0.3) is 0 Å². The predicted octanol–water partition coefficient (Wildman–Crippen LogP) is 5.23. The van der Waals surface area contributed by atoms with Gasteiger partial charge in [0, 0.05) is 5.41 Å². The van der Waals surface area contributed by atoms with Gasteiger partial charge in [-0.25, -0.2) is 0 Å². The highest BCUT2D eigenvalue weighted by Gasteiger charge is 2.58. The molecule has 0 bridgehead atoms. The molecule has 6 atom stereocenters. The zero-order valence-electron chi connectivity index (χ0n) is 13.9. The third-order valence-corrected chi connectivity index (χ3v) is 7.67. The van der Waals surface area contributed by atoms with E-state index in [0.717, 1.165) is 30.6 Å². The molecular formula is C19H32O. The lowest BCUT2D eigenvalue weighted by atomic mass is 9.41. The van der Waals surface area contributed by atoms with Crippen molar-refractivity contribution in [2.45, 2.75) is 79.1 Å². The Kier molecular flexibility index (Phi) is 3.34. The van der Waals surface area contributed by atoms with Gasteiger partial charge in [-0.2, -0.15) is 0 Å². The Morgan fingerprint density at radius 2 is 1.75 bits per heavy atom. The molecular weight excluding hydrogens is 244 g/mol. The normalized spacial score (nSPS) is 55.7. The lowest BCUT2D eigenvalue weighted by Crippen LogP contribution is -2.55.